The molecule has 0 aliphatic rings. The average Bonchev–Trinajstić information content (AvgIpc) is 2.28. The van der Waals surface area contributed by atoms with E-state index in [1.807, 2.05) is 6.92 Å². The summed E-state index contributed by atoms with van der Waals surface area (Å²) in [5.74, 6) is -1.20. The number of hydrogen-bond donors (Lipinski definition) is 1. The first-order chi connectivity index (χ1) is 7.54. The largest absolute Gasteiger partial charge is 0.478 e. The van der Waals surface area contributed by atoms with E-state index in [2.05, 4.69) is 4.74 Å². The average molecular weight is 222 g/mol. The molecule has 0 saturated carbocycles. The summed E-state index contributed by atoms with van der Waals surface area (Å²) in [6.07, 6.45) is 0.295. The van der Waals surface area contributed by atoms with Crippen LogP contribution in [0.2, 0.25) is 0 Å². The summed E-state index contributed by atoms with van der Waals surface area (Å²) >= 11 is 0. The van der Waals surface area contributed by atoms with Gasteiger partial charge >= 0.3 is 11.9 Å². The number of carboxylic acid groups (broad SMARTS) is 1. The van der Waals surface area contributed by atoms with Crippen LogP contribution in [-0.4, -0.2) is 24.2 Å². The van der Waals surface area contributed by atoms with E-state index in [0.717, 1.165) is 5.56 Å². The lowest BCUT2D eigenvalue weighted by atomic mass is 9.97. The number of benzene rings is 1. The number of rotatable bonds is 4. The van der Waals surface area contributed by atoms with E-state index in [-0.39, 0.29) is 17.5 Å². The lowest BCUT2D eigenvalue weighted by Gasteiger charge is -2.10. The second-order valence-electron chi connectivity index (χ2n) is 3.61. The number of esters is 1. The molecule has 1 aromatic rings. The van der Waals surface area contributed by atoms with Gasteiger partial charge in [0.05, 0.1) is 19.1 Å². The van der Waals surface area contributed by atoms with Crippen LogP contribution in [0.25, 0.3) is 0 Å². The van der Waals surface area contributed by atoms with Crippen molar-refractivity contribution < 1.29 is 19.4 Å². The minimum absolute atomic E-state index is 0.0234. The van der Waals surface area contributed by atoms with Crippen LogP contribution in [-0.2, 0) is 9.53 Å². The molecule has 16 heavy (non-hydrogen) atoms. The molecular formula is C12H14O4. The summed E-state index contributed by atoms with van der Waals surface area (Å²) < 4.78 is 4.57. The topological polar surface area (TPSA) is 63.6 Å². The number of carbonyl (C=O) groups is 2. The van der Waals surface area contributed by atoms with Gasteiger partial charge in [0.2, 0.25) is 0 Å². The third-order valence-corrected chi connectivity index (χ3v) is 2.43. The predicted octanol–water partition coefficient (Wildman–Crippen LogP) is 2.05. The summed E-state index contributed by atoms with van der Waals surface area (Å²) in [6.45, 7) is 1.90. The molecule has 86 valence electrons. The Morgan fingerprint density at radius 1 is 1.31 bits per heavy atom. The van der Waals surface area contributed by atoms with Crippen molar-refractivity contribution in [2.24, 2.45) is 0 Å². The Labute approximate surface area is 93.9 Å². The van der Waals surface area contributed by atoms with Crippen molar-refractivity contribution in [2.75, 3.05) is 7.11 Å². The number of ether oxygens (including phenoxy) is 1. The highest BCUT2D eigenvalue weighted by molar-refractivity contribution is 5.87. The molecule has 1 N–H and O–H groups in total. The Hall–Kier alpha value is -1.84. The van der Waals surface area contributed by atoms with Crippen molar-refractivity contribution >= 4 is 11.9 Å². The third kappa shape index (κ3) is 3.08. The first kappa shape index (κ1) is 12.2. The second-order valence-corrected chi connectivity index (χ2v) is 3.61. The van der Waals surface area contributed by atoms with E-state index in [1.54, 1.807) is 12.1 Å². The van der Waals surface area contributed by atoms with Crippen LogP contribution in [0.4, 0.5) is 0 Å². The summed E-state index contributed by atoms with van der Waals surface area (Å²) in [5.41, 5.74) is 1.17. The monoisotopic (exact) mass is 222 g/mol. The number of carboxylic acids is 1. The Morgan fingerprint density at radius 3 is 2.31 bits per heavy atom. The minimum atomic E-state index is -0.952. The fraction of sp³-hybridized carbons (Fsp3) is 0.333. The highest BCUT2D eigenvalue weighted by Gasteiger charge is 2.12. The van der Waals surface area contributed by atoms with Gasteiger partial charge in [-0.2, -0.15) is 0 Å². The molecule has 0 heterocycles. The minimum Gasteiger partial charge on any atom is -0.478 e. The number of aromatic carboxylic acids is 1. The van der Waals surface area contributed by atoms with E-state index >= 15 is 0 Å². The van der Waals surface area contributed by atoms with Gasteiger partial charge in [0.15, 0.2) is 0 Å². The molecule has 0 bridgehead atoms. The molecule has 1 unspecified atom stereocenters. The number of carbonyl (C=O) groups excluding carboxylic acids is 1. The van der Waals surface area contributed by atoms with Crippen LogP contribution in [0.15, 0.2) is 24.3 Å². The molecule has 0 aliphatic carbocycles. The zero-order chi connectivity index (χ0) is 12.1. The molecule has 0 radical (unpaired) electrons. The molecule has 0 aliphatic heterocycles. The summed E-state index contributed by atoms with van der Waals surface area (Å²) in [6, 6.07) is 6.50. The van der Waals surface area contributed by atoms with Crippen molar-refractivity contribution in [2.45, 2.75) is 19.3 Å². The van der Waals surface area contributed by atoms with Crippen LogP contribution in [0.5, 0.6) is 0 Å². The van der Waals surface area contributed by atoms with Crippen molar-refractivity contribution in [1.82, 2.24) is 0 Å². The van der Waals surface area contributed by atoms with Gasteiger partial charge in [-0.3, -0.25) is 4.79 Å². The van der Waals surface area contributed by atoms with Crippen molar-refractivity contribution in [1.29, 1.82) is 0 Å². The smallest absolute Gasteiger partial charge is 0.335 e. The molecule has 1 rings (SSSR count). The summed E-state index contributed by atoms with van der Waals surface area (Å²) in [5, 5.41) is 8.72. The molecule has 4 nitrogen and oxygen atoms in total. The van der Waals surface area contributed by atoms with E-state index < -0.39 is 5.97 Å². The number of methoxy groups -OCH3 is 1. The molecule has 0 spiro atoms. The van der Waals surface area contributed by atoms with E-state index in [0.29, 0.717) is 6.42 Å². The highest BCUT2D eigenvalue weighted by atomic mass is 16.5. The van der Waals surface area contributed by atoms with E-state index in [4.69, 9.17) is 5.11 Å². The fourth-order valence-corrected chi connectivity index (χ4v) is 1.41. The van der Waals surface area contributed by atoms with Gasteiger partial charge in [-0.25, -0.2) is 4.79 Å². The Balaban J connectivity index is 2.73. The standard InChI is InChI=1S/C12H14O4/c1-8(7-11(13)16-2)9-3-5-10(6-4-9)12(14)15/h3-6,8H,7H2,1-2H3,(H,14,15). The first-order valence-electron chi connectivity index (χ1n) is 4.94. The highest BCUT2D eigenvalue weighted by Crippen LogP contribution is 2.19. The fourth-order valence-electron chi connectivity index (χ4n) is 1.41. The first-order valence-corrected chi connectivity index (χ1v) is 4.94. The van der Waals surface area contributed by atoms with Gasteiger partial charge in [-0.15, -0.1) is 0 Å². The van der Waals surface area contributed by atoms with Crippen LogP contribution >= 0.6 is 0 Å². The van der Waals surface area contributed by atoms with Crippen molar-refractivity contribution in [3.8, 4) is 0 Å². The molecule has 0 aromatic heterocycles. The molecule has 4 heteroatoms. The Bertz CT molecular complexity index is 381. The summed E-state index contributed by atoms with van der Waals surface area (Å²) in [7, 11) is 1.35. The zero-order valence-electron chi connectivity index (χ0n) is 9.27. The maximum absolute atomic E-state index is 11.1. The Morgan fingerprint density at radius 2 is 1.88 bits per heavy atom. The van der Waals surface area contributed by atoms with Gasteiger partial charge in [0, 0.05) is 0 Å². The van der Waals surface area contributed by atoms with E-state index in [9.17, 15) is 9.59 Å². The third-order valence-electron chi connectivity index (χ3n) is 2.43. The zero-order valence-corrected chi connectivity index (χ0v) is 9.27. The van der Waals surface area contributed by atoms with Gasteiger partial charge in [0.1, 0.15) is 0 Å². The van der Waals surface area contributed by atoms with Crippen molar-refractivity contribution in [3.05, 3.63) is 35.4 Å². The molecular weight excluding hydrogens is 208 g/mol. The Kier molecular flexibility index (Phi) is 4.05. The predicted molar refractivity (Wildman–Crippen MR) is 58.4 cm³/mol. The van der Waals surface area contributed by atoms with Gasteiger partial charge in [-0.1, -0.05) is 19.1 Å². The van der Waals surface area contributed by atoms with Crippen LogP contribution < -0.4 is 0 Å². The van der Waals surface area contributed by atoms with Crippen molar-refractivity contribution in [3.63, 3.8) is 0 Å². The summed E-state index contributed by atoms with van der Waals surface area (Å²) in [4.78, 5) is 21.7. The molecule has 1 atom stereocenters. The normalized spacial score (nSPS) is 11.9. The van der Waals surface area contributed by atoms with Crippen LogP contribution in [0.1, 0.15) is 35.2 Å². The lowest BCUT2D eigenvalue weighted by Crippen LogP contribution is -2.06. The van der Waals surface area contributed by atoms with Gasteiger partial charge in [0.25, 0.3) is 0 Å². The van der Waals surface area contributed by atoms with Gasteiger partial charge < -0.3 is 9.84 Å². The lowest BCUT2D eigenvalue weighted by molar-refractivity contribution is -0.140. The van der Waals surface area contributed by atoms with Gasteiger partial charge in [-0.05, 0) is 23.6 Å². The quantitative estimate of drug-likeness (QED) is 0.792. The molecule has 0 fully saturated rings. The SMILES string of the molecule is COC(=O)CC(C)c1ccc(C(=O)O)cc1. The van der Waals surface area contributed by atoms with Crippen LogP contribution in [0, 0.1) is 0 Å². The maximum Gasteiger partial charge on any atom is 0.335 e. The maximum atomic E-state index is 11.1. The molecule has 0 saturated heterocycles. The second kappa shape index (κ2) is 5.30. The van der Waals surface area contributed by atoms with Crippen LogP contribution in [0.3, 0.4) is 0 Å². The number of hydrogen-bond acceptors (Lipinski definition) is 3. The molecule has 0 amide bonds. The molecule has 1 aromatic carbocycles. The van der Waals surface area contributed by atoms with E-state index in [1.165, 1.54) is 19.2 Å².